The van der Waals surface area contributed by atoms with E-state index in [-0.39, 0.29) is 31.0 Å². The quantitative estimate of drug-likeness (QED) is 0.218. The Labute approximate surface area is 70.7 Å². The summed E-state index contributed by atoms with van der Waals surface area (Å²) in [4.78, 5) is 13.2. The van der Waals surface area contributed by atoms with Crippen molar-refractivity contribution in [3.63, 3.8) is 0 Å². The Kier molecular flexibility index (Phi) is 7.75. The van der Waals surface area contributed by atoms with Crippen LogP contribution in [0.1, 0.15) is 8.35 Å². The van der Waals surface area contributed by atoms with Crippen molar-refractivity contribution in [1.82, 2.24) is 0 Å². The minimum atomic E-state index is -0.819. The predicted molar refractivity (Wildman–Crippen MR) is 23.5 cm³/mol. The summed E-state index contributed by atoms with van der Waals surface area (Å²) >= 11 is 0. The number of hydrogen-bond acceptors (Lipinski definition) is 4. The molecule has 0 bridgehead atoms. The minimum absolute atomic E-state index is 0. The molecule has 8 heavy (non-hydrogen) atoms. The maximum Gasteiger partial charge on any atom is 1.00 e. The number of carbonyl (C=O) groups excluding carboxylic acids is 1. The topological polar surface area (TPSA) is 72.6 Å². The molecule has 4 nitrogen and oxygen atoms in total. The van der Waals surface area contributed by atoms with Crippen molar-refractivity contribution in [2.75, 3.05) is 0 Å². The first-order valence-electron chi connectivity index (χ1n) is 1.79. The minimum Gasteiger partial charge on any atom is -1.00 e. The van der Waals surface area contributed by atoms with E-state index in [0.717, 1.165) is 0 Å². The van der Waals surface area contributed by atoms with Gasteiger partial charge in [-0.25, -0.2) is 4.79 Å². The van der Waals surface area contributed by atoms with Crippen molar-refractivity contribution < 1.29 is 45.9 Å². The second-order valence-electron chi connectivity index (χ2n) is 1.20. The van der Waals surface area contributed by atoms with E-state index in [9.17, 15) is 4.79 Å². The van der Waals surface area contributed by atoms with Crippen LogP contribution in [-0.2, 0) is 9.68 Å². The van der Waals surface area contributed by atoms with Crippen LogP contribution in [0.15, 0.2) is 0 Å². The molecule has 5 heteroatoms. The van der Waals surface area contributed by atoms with Crippen molar-refractivity contribution in [1.29, 1.82) is 0 Å². The van der Waals surface area contributed by atoms with Crippen molar-refractivity contribution in [2.45, 2.75) is 13.0 Å². The number of rotatable bonds is 1. The Bertz CT molecular complexity index is 79.5. The molecular formula is C3H8NNaO3. The molecule has 0 aromatic carbocycles. The number of hydrogen-bond donors (Lipinski definition) is 2. The average Bonchev–Trinajstić information content (AvgIpc) is 1.65. The van der Waals surface area contributed by atoms with Crippen LogP contribution >= 0.6 is 0 Å². The Morgan fingerprint density at radius 2 is 2.38 bits per heavy atom. The largest absolute Gasteiger partial charge is 1.00 e. The molecule has 0 spiro atoms. The van der Waals surface area contributed by atoms with Gasteiger partial charge in [-0.05, 0) is 6.92 Å². The molecule has 0 aliphatic heterocycles. The summed E-state index contributed by atoms with van der Waals surface area (Å²) in [6.45, 7) is 1.42. The zero-order valence-corrected chi connectivity index (χ0v) is 6.92. The molecule has 0 aromatic heterocycles. The molecule has 0 amide bonds. The van der Waals surface area contributed by atoms with Crippen LogP contribution in [0.5, 0.6) is 0 Å². The van der Waals surface area contributed by atoms with Gasteiger partial charge in [-0.2, -0.15) is 5.26 Å². The van der Waals surface area contributed by atoms with E-state index in [4.69, 9.17) is 11.0 Å². The fraction of sp³-hybridized carbons (Fsp3) is 0.667. The summed E-state index contributed by atoms with van der Waals surface area (Å²) in [6.07, 6.45) is 0. The molecular weight excluding hydrogens is 121 g/mol. The zero-order valence-electron chi connectivity index (χ0n) is 5.92. The van der Waals surface area contributed by atoms with Gasteiger partial charge in [-0.15, -0.1) is 0 Å². The maximum atomic E-state index is 9.91. The molecule has 1 unspecified atom stereocenters. The zero-order chi connectivity index (χ0) is 5.86. The first-order valence-corrected chi connectivity index (χ1v) is 1.79. The van der Waals surface area contributed by atoms with Crippen molar-refractivity contribution in [3.8, 4) is 0 Å². The van der Waals surface area contributed by atoms with Gasteiger partial charge in [-0.3, -0.25) is 4.89 Å². The van der Waals surface area contributed by atoms with E-state index in [1.807, 2.05) is 0 Å². The monoisotopic (exact) mass is 129 g/mol. The molecule has 0 saturated heterocycles. The first-order chi connectivity index (χ1) is 3.18. The third kappa shape index (κ3) is 4.55. The maximum absolute atomic E-state index is 9.91. The van der Waals surface area contributed by atoms with Crippen molar-refractivity contribution in [2.24, 2.45) is 5.73 Å². The van der Waals surface area contributed by atoms with E-state index < -0.39 is 12.0 Å². The number of carbonyl (C=O) groups is 1. The van der Waals surface area contributed by atoms with Crippen LogP contribution < -0.4 is 35.3 Å². The molecule has 44 valence electrons. The summed E-state index contributed by atoms with van der Waals surface area (Å²) in [5, 5.41) is 7.58. The average molecular weight is 129 g/mol. The first kappa shape index (κ1) is 11.2. The standard InChI is InChI=1S/C3H7NO3.Na.H/c1-2(4)3(5)7-6;;/h2,6H,4H2,1H3;;/q;+1;-1. The Morgan fingerprint density at radius 3 is 2.38 bits per heavy atom. The van der Waals surface area contributed by atoms with E-state index in [1.165, 1.54) is 6.92 Å². The van der Waals surface area contributed by atoms with Crippen molar-refractivity contribution in [3.05, 3.63) is 0 Å². The molecule has 0 aliphatic carbocycles. The van der Waals surface area contributed by atoms with Gasteiger partial charge >= 0.3 is 35.5 Å². The summed E-state index contributed by atoms with van der Waals surface area (Å²) in [7, 11) is 0. The Hall–Kier alpha value is 0.390. The SMILES string of the molecule is CC(N)C(=O)OO.[H-].[Na+]. The van der Waals surface area contributed by atoms with Crippen LogP contribution in [0.25, 0.3) is 0 Å². The summed E-state index contributed by atoms with van der Waals surface area (Å²) in [6, 6.07) is -0.745. The van der Waals surface area contributed by atoms with Crippen molar-refractivity contribution >= 4 is 5.97 Å². The van der Waals surface area contributed by atoms with Gasteiger partial charge in [-0.1, -0.05) is 0 Å². The summed E-state index contributed by atoms with van der Waals surface area (Å²) in [5.74, 6) is -0.819. The summed E-state index contributed by atoms with van der Waals surface area (Å²) in [5.41, 5.74) is 4.91. The van der Waals surface area contributed by atoms with E-state index in [1.54, 1.807) is 0 Å². The van der Waals surface area contributed by atoms with E-state index in [0.29, 0.717) is 0 Å². The van der Waals surface area contributed by atoms with Gasteiger partial charge in [0.1, 0.15) is 6.04 Å². The Morgan fingerprint density at radius 1 is 2.00 bits per heavy atom. The smallest absolute Gasteiger partial charge is 1.00 e. The van der Waals surface area contributed by atoms with Gasteiger partial charge in [0.25, 0.3) is 0 Å². The normalized spacial score (nSPS) is 11.4. The second kappa shape index (κ2) is 5.53. The van der Waals surface area contributed by atoms with Gasteiger partial charge in [0, 0.05) is 0 Å². The predicted octanol–water partition coefficient (Wildman–Crippen LogP) is -3.53. The molecule has 0 heterocycles. The fourth-order valence-corrected chi connectivity index (χ4v) is 0.0831. The molecule has 1 atom stereocenters. The molecule has 0 rings (SSSR count). The van der Waals surface area contributed by atoms with Gasteiger partial charge < -0.3 is 7.16 Å². The molecule has 3 N–H and O–H groups in total. The van der Waals surface area contributed by atoms with Crippen LogP contribution in [0, 0.1) is 0 Å². The van der Waals surface area contributed by atoms with Crippen LogP contribution in [-0.4, -0.2) is 17.3 Å². The molecule has 0 saturated carbocycles. The third-order valence-electron chi connectivity index (χ3n) is 0.462. The summed E-state index contributed by atoms with van der Waals surface area (Å²) < 4.78 is 0. The number of nitrogens with two attached hydrogens (primary N) is 1. The fourth-order valence-electron chi connectivity index (χ4n) is 0.0831. The van der Waals surface area contributed by atoms with E-state index in [2.05, 4.69) is 4.89 Å². The van der Waals surface area contributed by atoms with Gasteiger partial charge in [0.05, 0.1) is 0 Å². The van der Waals surface area contributed by atoms with E-state index >= 15 is 0 Å². The molecule has 0 fully saturated rings. The molecule has 0 aromatic rings. The molecule has 0 aliphatic rings. The van der Waals surface area contributed by atoms with Gasteiger partial charge in [0.2, 0.25) is 0 Å². The third-order valence-corrected chi connectivity index (χ3v) is 0.462. The second-order valence-corrected chi connectivity index (χ2v) is 1.20. The van der Waals surface area contributed by atoms with Crippen LogP contribution in [0.2, 0.25) is 0 Å². The van der Waals surface area contributed by atoms with Gasteiger partial charge in [0.15, 0.2) is 0 Å². The van der Waals surface area contributed by atoms with Crippen LogP contribution in [0.4, 0.5) is 0 Å². The molecule has 0 radical (unpaired) electrons. The van der Waals surface area contributed by atoms with Crippen LogP contribution in [0.3, 0.4) is 0 Å². The Balaban J connectivity index is -0.000000180.